The molecule has 0 unspecified atom stereocenters. The number of hydrogen-bond donors (Lipinski definition) is 2. The number of halogens is 2. The molecule has 0 aliphatic heterocycles. The summed E-state index contributed by atoms with van der Waals surface area (Å²) in [6, 6.07) is 3.42. The standard InChI is InChI=1S/C9H11Cl2NOS/c1-13-9-7(11)4-6(10)5-8(9)12-2-3-14/h4-5,12,14H,2-3H2,1H3. The van der Waals surface area contributed by atoms with Crippen molar-refractivity contribution in [2.45, 2.75) is 0 Å². The minimum Gasteiger partial charge on any atom is -0.493 e. The highest BCUT2D eigenvalue weighted by atomic mass is 35.5. The Morgan fingerprint density at radius 1 is 1.43 bits per heavy atom. The van der Waals surface area contributed by atoms with Gasteiger partial charge in [-0.1, -0.05) is 23.2 Å². The topological polar surface area (TPSA) is 21.3 Å². The third-order valence-corrected chi connectivity index (χ3v) is 2.36. The second-order valence-corrected chi connectivity index (χ2v) is 3.91. The van der Waals surface area contributed by atoms with Crippen LogP contribution in [0.15, 0.2) is 12.1 Å². The Balaban J connectivity index is 2.99. The molecule has 0 atom stereocenters. The Hall–Kier alpha value is -0.250. The van der Waals surface area contributed by atoms with Crippen molar-refractivity contribution in [3.8, 4) is 5.75 Å². The van der Waals surface area contributed by atoms with Crippen molar-refractivity contribution in [2.75, 3.05) is 24.7 Å². The zero-order chi connectivity index (χ0) is 10.6. The molecule has 1 aromatic carbocycles. The van der Waals surface area contributed by atoms with Gasteiger partial charge in [0, 0.05) is 17.3 Å². The second-order valence-electron chi connectivity index (χ2n) is 2.62. The van der Waals surface area contributed by atoms with Crippen molar-refractivity contribution in [3.05, 3.63) is 22.2 Å². The van der Waals surface area contributed by atoms with Gasteiger partial charge >= 0.3 is 0 Å². The van der Waals surface area contributed by atoms with Gasteiger partial charge in [-0.05, 0) is 12.1 Å². The lowest BCUT2D eigenvalue weighted by atomic mass is 10.3. The van der Waals surface area contributed by atoms with Crippen molar-refractivity contribution in [3.63, 3.8) is 0 Å². The molecule has 1 rings (SSSR count). The molecule has 0 heterocycles. The molecule has 0 aromatic heterocycles. The molecule has 0 amide bonds. The zero-order valence-corrected chi connectivity index (χ0v) is 10.1. The van der Waals surface area contributed by atoms with E-state index in [2.05, 4.69) is 17.9 Å². The molecule has 0 bridgehead atoms. The minimum atomic E-state index is 0.502. The lowest BCUT2D eigenvalue weighted by molar-refractivity contribution is 0.417. The largest absolute Gasteiger partial charge is 0.493 e. The van der Waals surface area contributed by atoms with E-state index in [9.17, 15) is 0 Å². The molecule has 0 fully saturated rings. The number of hydrogen-bond acceptors (Lipinski definition) is 3. The average Bonchev–Trinajstić information content (AvgIpc) is 2.14. The van der Waals surface area contributed by atoms with Crippen molar-refractivity contribution >= 4 is 41.5 Å². The van der Waals surface area contributed by atoms with Crippen LogP contribution in [0, 0.1) is 0 Å². The van der Waals surface area contributed by atoms with E-state index in [1.165, 1.54) is 0 Å². The highest BCUT2D eigenvalue weighted by molar-refractivity contribution is 7.80. The molecule has 0 radical (unpaired) electrons. The first kappa shape index (κ1) is 11.8. The molecule has 0 saturated carbocycles. The quantitative estimate of drug-likeness (QED) is 0.802. The van der Waals surface area contributed by atoms with Crippen LogP contribution in [0.5, 0.6) is 5.75 Å². The zero-order valence-electron chi connectivity index (χ0n) is 7.68. The van der Waals surface area contributed by atoms with Crippen LogP contribution in [0.1, 0.15) is 0 Å². The summed E-state index contributed by atoms with van der Waals surface area (Å²) in [5, 5.41) is 4.21. The predicted molar refractivity (Wildman–Crippen MR) is 65.4 cm³/mol. The number of nitrogens with one attached hydrogen (secondary N) is 1. The third kappa shape index (κ3) is 2.87. The fraction of sp³-hybridized carbons (Fsp3) is 0.333. The molecule has 1 aromatic rings. The minimum absolute atomic E-state index is 0.502. The lowest BCUT2D eigenvalue weighted by Gasteiger charge is -2.12. The van der Waals surface area contributed by atoms with Crippen molar-refractivity contribution in [1.82, 2.24) is 0 Å². The van der Waals surface area contributed by atoms with Gasteiger partial charge in [-0.15, -0.1) is 0 Å². The molecule has 0 saturated heterocycles. The van der Waals surface area contributed by atoms with E-state index in [1.807, 2.05) is 0 Å². The second kappa shape index (κ2) is 5.59. The van der Waals surface area contributed by atoms with E-state index in [-0.39, 0.29) is 0 Å². The van der Waals surface area contributed by atoms with Crippen LogP contribution < -0.4 is 10.1 Å². The van der Waals surface area contributed by atoms with Crippen LogP contribution in [0.25, 0.3) is 0 Å². The van der Waals surface area contributed by atoms with Gasteiger partial charge in [0.2, 0.25) is 0 Å². The predicted octanol–water partition coefficient (Wildman–Crippen LogP) is 3.34. The van der Waals surface area contributed by atoms with E-state index in [0.29, 0.717) is 15.8 Å². The number of ether oxygens (including phenoxy) is 1. The van der Waals surface area contributed by atoms with Crippen molar-refractivity contribution in [1.29, 1.82) is 0 Å². The summed E-state index contributed by atoms with van der Waals surface area (Å²) < 4.78 is 5.15. The molecule has 2 nitrogen and oxygen atoms in total. The van der Waals surface area contributed by atoms with E-state index >= 15 is 0 Å². The Labute approximate surface area is 99.0 Å². The molecular formula is C9H11Cl2NOS. The summed E-state index contributed by atoms with van der Waals surface area (Å²) in [4.78, 5) is 0. The number of anilines is 1. The van der Waals surface area contributed by atoms with Gasteiger partial charge < -0.3 is 10.1 Å². The first-order valence-corrected chi connectivity index (χ1v) is 5.45. The van der Waals surface area contributed by atoms with Gasteiger partial charge in [0.15, 0.2) is 5.75 Å². The van der Waals surface area contributed by atoms with Gasteiger partial charge in [0.05, 0.1) is 17.8 Å². The summed E-state index contributed by atoms with van der Waals surface area (Å²) in [5.74, 6) is 1.34. The number of thiol groups is 1. The van der Waals surface area contributed by atoms with E-state index in [0.717, 1.165) is 18.0 Å². The maximum atomic E-state index is 5.95. The molecule has 0 spiro atoms. The fourth-order valence-electron chi connectivity index (χ4n) is 1.09. The van der Waals surface area contributed by atoms with Gasteiger partial charge in [-0.25, -0.2) is 0 Å². The van der Waals surface area contributed by atoms with E-state index < -0.39 is 0 Å². The molecule has 78 valence electrons. The molecule has 0 aliphatic carbocycles. The van der Waals surface area contributed by atoms with E-state index in [4.69, 9.17) is 27.9 Å². The molecular weight excluding hydrogens is 241 g/mol. The van der Waals surface area contributed by atoms with Gasteiger partial charge in [0.25, 0.3) is 0 Å². The summed E-state index contributed by atoms with van der Waals surface area (Å²) >= 11 is 15.9. The monoisotopic (exact) mass is 251 g/mol. The Morgan fingerprint density at radius 3 is 2.71 bits per heavy atom. The highest BCUT2D eigenvalue weighted by Gasteiger charge is 2.08. The maximum absolute atomic E-state index is 5.95. The van der Waals surface area contributed by atoms with Gasteiger partial charge in [-0.3, -0.25) is 0 Å². The van der Waals surface area contributed by atoms with Crippen LogP contribution in [0.2, 0.25) is 10.0 Å². The van der Waals surface area contributed by atoms with Crippen LogP contribution in [0.4, 0.5) is 5.69 Å². The average molecular weight is 252 g/mol. The summed E-state index contributed by atoms with van der Waals surface area (Å²) in [6.45, 7) is 0.732. The first-order valence-electron chi connectivity index (χ1n) is 4.06. The number of benzene rings is 1. The molecule has 0 aliphatic rings. The SMILES string of the molecule is COc1c(Cl)cc(Cl)cc1NCCS. The third-order valence-electron chi connectivity index (χ3n) is 1.64. The molecule has 5 heteroatoms. The van der Waals surface area contributed by atoms with Crippen LogP contribution in [-0.4, -0.2) is 19.4 Å². The smallest absolute Gasteiger partial charge is 0.160 e. The summed E-state index contributed by atoms with van der Waals surface area (Å²) in [7, 11) is 1.57. The Bertz CT molecular complexity index is 320. The summed E-state index contributed by atoms with van der Waals surface area (Å²) in [6.07, 6.45) is 0. The van der Waals surface area contributed by atoms with Crippen LogP contribution in [-0.2, 0) is 0 Å². The molecule has 1 N–H and O–H groups in total. The highest BCUT2D eigenvalue weighted by Crippen LogP contribution is 2.35. The van der Waals surface area contributed by atoms with Gasteiger partial charge in [-0.2, -0.15) is 12.6 Å². The van der Waals surface area contributed by atoms with Crippen molar-refractivity contribution < 1.29 is 4.74 Å². The van der Waals surface area contributed by atoms with Gasteiger partial charge in [0.1, 0.15) is 0 Å². The maximum Gasteiger partial charge on any atom is 0.160 e. The van der Waals surface area contributed by atoms with E-state index in [1.54, 1.807) is 19.2 Å². The number of rotatable bonds is 4. The normalized spacial score (nSPS) is 10.0. The van der Waals surface area contributed by atoms with Crippen molar-refractivity contribution in [2.24, 2.45) is 0 Å². The first-order chi connectivity index (χ1) is 6.69. The Morgan fingerprint density at radius 2 is 2.14 bits per heavy atom. The number of methoxy groups -OCH3 is 1. The molecule has 14 heavy (non-hydrogen) atoms. The lowest BCUT2D eigenvalue weighted by Crippen LogP contribution is -2.04. The van der Waals surface area contributed by atoms with Crippen LogP contribution >= 0.6 is 35.8 Å². The summed E-state index contributed by atoms with van der Waals surface area (Å²) in [5.41, 5.74) is 0.791. The van der Waals surface area contributed by atoms with Crippen LogP contribution in [0.3, 0.4) is 0 Å². The fourth-order valence-corrected chi connectivity index (χ4v) is 1.77. The Kier molecular flexibility index (Phi) is 4.72.